The number of hydrogen-bond donors (Lipinski definition) is 1. The lowest BCUT2D eigenvalue weighted by atomic mass is 9.80. The van der Waals surface area contributed by atoms with Gasteiger partial charge >= 0.3 is 11.9 Å². The van der Waals surface area contributed by atoms with E-state index in [1.54, 1.807) is 0 Å². The monoisotopic (exact) mass is 438 g/mol. The van der Waals surface area contributed by atoms with E-state index < -0.39 is 35.9 Å². The minimum Gasteiger partial charge on any atom is -0.469 e. The number of hydrogen-bond acceptors (Lipinski definition) is 6. The fourth-order valence-corrected chi connectivity index (χ4v) is 4.69. The number of nitrogens with one attached hydrogen (secondary N) is 1. The Morgan fingerprint density at radius 1 is 1.00 bits per heavy atom. The van der Waals surface area contributed by atoms with Crippen molar-refractivity contribution in [1.82, 2.24) is 10.3 Å². The lowest BCUT2D eigenvalue weighted by Gasteiger charge is -2.24. The Morgan fingerprint density at radius 3 is 2.39 bits per heavy atom. The lowest BCUT2D eigenvalue weighted by molar-refractivity contribution is -0.146. The average Bonchev–Trinajstić information content (AvgIpc) is 3.18. The van der Waals surface area contributed by atoms with Gasteiger partial charge in [0.15, 0.2) is 0 Å². The maximum atomic E-state index is 13.0. The van der Waals surface area contributed by atoms with Crippen molar-refractivity contribution in [1.29, 1.82) is 0 Å². The molecule has 6 nitrogen and oxygen atoms in total. The molecule has 4 atom stereocenters. The molecule has 3 aromatic rings. The molecule has 160 valence electrons. The quantitative estimate of drug-likeness (QED) is 0.491. The zero-order valence-electron chi connectivity index (χ0n) is 17.5. The van der Waals surface area contributed by atoms with Crippen LogP contribution in [0.5, 0.6) is 0 Å². The molecule has 2 aromatic carbocycles. The molecule has 4 rings (SSSR count). The normalized spacial score (nSPS) is 23.0. The number of carbonyl (C=O) groups is 2. The van der Waals surface area contributed by atoms with Crippen molar-refractivity contribution in [3.8, 4) is 0 Å². The number of benzene rings is 2. The summed E-state index contributed by atoms with van der Waals surface area (Å²) in [5, 5.41) is 4.42. The van der Waals surface area contributed by atoms with Crippen LogP contribution >= 0.6 is 11.6 Å². The molecular weight excluding hydrogens is 416 g/mol. The zero-order valence-corrected chi connectivity index (χ0v) is 18.2. The van der Waals surface area contributed by atoms with Gasteiger partial charge in [-0.15, -0.1) is 0 Å². The second-order valence-corrected chi connectivity index (χ2v) is 8.05. The van der Waals surface area contributed by atoms with E-state index in [1.807, 2.05) is 61.5 Å². The van der Waals surface area contributed by atoms with Crippen LogP contribution in [0, 0.1) is 12.8 Å². The van der Waals surface area contributed by atoms with Crippen LogP contribution in [0.1, 0.15) is 28.7 Å². The summed E-state index contributed by atoms with van der Waals surface area (Å²) < 4.78 is 10.2. The van der Waals surface area contributed by atoms with Crippen molar-refractivity contribution < 1.29 is 19.1 Å². The summed E-state index contributed by atoms with van der Waals surface area (Å²) in [6.45, 7) is 1.98. The highest BCUT2D eigenvalue weighted by molar-refractivity contribution is 6.30. The van der Waals surface area contributed by atoms with Crippen molar-refractivity contribution >= 4 is 34.4 Å². The SMILES string of the molecule is COC(=O)[C@@H]1[C@@H](c2cc3ccc(C)cc3nc2Cl)[C@H](C(=O)OC)N[C@@H]1c1ccccc1. The number of ether oxygens (including phenoxy) is 2. The molecule has 0 bridgehead atoms. The summed E-state index contributed by atoms with van der Waals surface area (Å²) in [5.74, 6) is -2.22. The van der Waals surface area contributed by atoms with E-state index in [9.17, 15) is 9.59 Å². The maximum absolute atomic E-state index is 13.0. The van der Waals surface area contributed by atoms with Crippen LogP contribution in [0.15, 0.2) is 54.6 Å². The second-order valence-electron chi connectivity index (χ2n) is 7.70. The van der Waals surface area contributed by atoms with Gasteiger partial charge < -0.3 is 9.47 Å². The first-order chi connectivity index (χ1) is 14.9. The number of esters is 2. The maximum Gasteiger partial charge on any atom is 0.323 e. The zero-order chi connectivity index (χ0) is 22.1. The highest BCUT2D eigenvalue weighted by Crippen LogP contribution is 2.46. The Balaban J connectivity index is 1.90. The molecule has 0 unspecified atom stereocenters. The lowest BCUT2D eigenvalue weighted by Crippen LogP contribution is -2.37. The summed E-state index contributed by atoms with van der Waals surface area (Å²) in [4.78, 5) is 30.3. The molecule has 7 heteroatoms. The number of pyridine rings is 1. The predicted octanol–water partition coefficient (Wildman–Crippen LogP) is 3.96. The Morgan fingerprint density at radius 2 is 1.71 bits per heavy atom. The first-order valence-electron chi connectivity index (χ1n) is 9.98. The number of fused-ring (bicyclic) bond motifs is 1. The highest BCUT2D eigenvalue weighted by Gasteiger charge is 2.52. The summed E-state index contributed by atoms with van der Waals surface area (Å²) in [7, 11) is 2.67. The van der Waals surface area contributed by atoms with Gasteiger partial charge in [0.2, 0.25) is 0 Å². The first kappa shape index (κ1) is 21.3. The molecule has 0 spiro atoms. The molecule has 0 radical (unpaired) electrons. The van der Waals surface area contributed by atoms with E-state index in [0.717, 1.165) is 22.0 Å². The standard InChI is InChI=1S/C24H23ClN2O4/c1-13-9-10-15-12-16(22(25)26-17(15)11-13)18-19(23(28)30-2)20(14-7-5-4-6-8-14)27-21(18)24(29)31-3/h4-12,18-21,27H,1-3H3/t18-,19-,20-,21-/m1/s1. The fraction of sp³-hybridized carbons (Fsp3) is 0.292. The smallest absolute Gasteiger partial charge is 0.323 e. The van der Waals surface area contributed by atoms with Crippen molar-refractivity contribution in [2.24, 2.45) is 5.92 Å². The first-order valence-corrected chi connectivity index (χ1v) is 10.4. The highest BCUT2D eigenvalue weighted by atomic mass is 35.5. The molecule has 1 aliphatic heterocycles. The van der Waals surface area contributed by atoms with Gasteiger partial charge in [-0.1, -0.05) is 54.1 Å². The molecule has 1 saturated heterocycles. The topological polar surface area (TPSA) is 77.5 Å². The van der Waals surface area contributed by atoms with Gasteiger partial charge in [-0.3, -0.25) is 14.9 Å². The molecule has 2 heterocycles. The van der Waals surface area contributed by atoms with Crippen LogP contribution < -0.4 is 5.32 Å². The van der Waals surface area contributed by atoms with Gasteiger partial charge in [-0.2, -0.15) is 0 Å². The summed E-state index contributed by atoms with van der Waals surface area (Å²) in [6.07, 6.45) is 0. The number of rotatable bonds is 4. The number of halogens is 1. The van der Waals surface area contributed by atoms with Crippen LogP contribution in [0.3, 0.4) is 0 Å². The minimum absolute atomic E-state index is 0.251. The Bertz CT molecular complexity index is 1140. The molecule has 1 N–H and O–H groups in total. The third-order valence-corrected chi connectivity index (χ3v) is 6.17. The molecule has 0 amide bonds. The molecule has 0 saturated carbocycles. The number of nitrogens with zero attached hydrogens (tertiary/aromatic N) is 1. The minimum atomic E-state index is -0.790. The molecule has 1 fully saturated rings. The average molecular weight is 439 g/mol. The number of aryl methyl sites for hydroxylation is 1. The van der Waals surface area contributed by atoms with Gasteiger partial charge in [-0.25, -0.2) is 4.98 Å². The third-order valence-electron chi connectivity index (χ3n) is 5.86. The third kappa shape index (κ3) is 3.89. The van der Waals surface area contributed by atoms with Crippen molar-refractivity contribution in [2.75, 3.05) is 14.2 Å². The van der Waals surface area contributed by atoms with Crippen LogP contribution in [0.2, 0.25) is 5.15 Å². The van der Waals surface area contributed by atoms with E-state index >= 15 is 0 Å². The van der Waals surface area contributed by atoms with Crippen LogP contribution in [0.4, 0.5) is 0 Å². The number of methoxy groups -OCH3 is 2. The van der Waals surface area contributed by atoms with Gasteiger partial charge in [0.05, 0.1) is 25.7 Å². The van der Waals surface area contributed by atoms with E-state index in [2.05, 4.69) is 10.3 Å². The number of carbonyl (C=O) groups excluding carboxylic acids is 2. The molecule has 0 aliphatic carbocycles. The van der Waals surface area contributed by atoms with Gasteiger partial charge in [0.25, 0.3) is 0 Å². The fourth-order valence-electron chi connectivity index (χ4n) is 4.42. The largest absolute Gasteiger partial charge is 0.469 e. The Labute approximate surface area is 185 Å². The van der Waals surface area contributed by atoms with Crippen LogP contribution in [-0.2, 0) is 19.1 Å². The van der Waals surface area contributed by atoms with Crippen LogP contribution in [0.25, 0.3) is 10.9 Å². The van der Waals surface area contributed by atoms with E-state index in [1.165, 1.54) is 14.2 Å². The summed E-state index contributed by atoms with van der Waals surface area (Å²) in [6, 6.07) is 16.0. The predicted molar refractivity (Wildman–Crippen MR) is 118 cm³/mol. The van der Waals surface area contributed by atoms with Gasteiger partial charge in [-0.05, 0) is 35.7 Å². The van der Waals surface area contributed by atoms with Crippen molar-refractivity contribution in [2.45, 2.75) is 24.9 Å². The second kappa shape index (κ2) is 8.65. The summed E-state index contributed by atoms with van der Waals surface area (Å²) >= 11 is 6.61. The van der Waals surface area contributed by atoms with Crippen LogP contribution in [-0.4, -0.2) is 37.2 Å². The van der Waals surface area contributed by atoms with Gasteiger partial charge in [0, 0.05) is 17.3 Å². The molecular formula is C24H23ClN2O4. The van der Waals surface area contributed by atoms with E-state index in [-0.39, 0.29) is 5.15 Å². The van der Waals surface area contributed by atoms with E-state index in [4.69, 9.17) is 21.1 Å². The van der Waals surface area contributed by atoms with Gasteiger partial charge in [0.1, 0.15) is 11.2 Å². The summed E-state index contributed by atoms with van der Waals surface area (Å²) in [5.41, 5.74) is 3.29. The molecule has 1 aromatic heterocycles. The molecule has 1 aliphatic rings. The Kier molecular flexibility index (Phi) is 5.94. The van der Waals surface area contributed by atoms with Crippen molar-refractivity contribution in [3.05, 3.63) is 76.4 Å². The van der Waals surface area contributed by atoms with Crippen molar-refractivity contribution in [3.63, 3.8) is 0 Å². The van der Waals surface area contributed by atoms with E-state index in [0.29, 0.717) is 5.56 Å². The molecule has 31 heavy (non-hydrogen) atoms. The number of aromatic nitrogens is 1. The Hall–Kier alpha value is -2.96.